The zero-order valence-electron chi connectivity index (χ0n) is 9.89. The van der Waals surface area contributed by atoms with Gasteiger partial charge >= 0.3 is 0 Å². The van der Waals surface area contributed by atoms with E-state index < -0.39 is 0 Å². The molecule has 1 aliphatic heterocycles. The fourth-order valence-electron chi connectivity index (χ4n) is 2.76. The van der Waals surface area contributed by atoms with Crippen molar-refractivity contribution < 1.29 is 14.4 Å². The SMILES string of the molecule is O=C1CCCC(N2C(=O)c3ccccc3C2=O)C1. The Hall–Kier alpha value is -1.97. The minimum absolute atomic E-state index is 0.141. The maximum atomic E-state index is 12.2. The molecule has 1 fully saturated rings. The predicted molar refractivity (Wildman–Crippen MR) is 64.2 cm³/mol. The first-order valence-electron chi connectivity index (χ1n) is 6.17. The van der Waals surface area contributed by atoms with Crippen molar-refractivity contribution in [2.24, 2.45) is 0 Å². The Morgan fingerprint density at radius 1 is 1.00 bits per heavy atom. The highest BCUT2D eigenvalue weighted by molar-refractivity contribution is 6.21. The Balaban J connectivity index is 1.94. The van der Waals surface area contributed by atoms with E-state index in [1.807, 2.05) is 0 Å². The molecular formula is C14H13NO3. The molecule has 0 aromatic heterocycles. The summed E-state index contributed by atoms with van der Waals surface area (Å²) in [5.74, 6) is -0.367. The number of Topliss-reactive ketones (excluding diaryl/α,β-unsaturated/α-hetero) is 1. The topological polar surface area (TPSA) is 54.5 Å². The third-order valence-corrected chi connectivity index (χ3v) is 3.65. The average Bonchev–Trinajstić information content (AvgIpc) is 2.63. The highest BCUT2D eigenvalue weighted by Gasteiger charge is 2.40. The van der Waals surface area contributed by atoms with Crippen molar-refractivity contribution >= 4 is 17.6 Å². The largest absolute Gasteiger partial charge is 0.300 e. The number of amides is 2. The van der Waals surface area contributed by atoms with E-state index >= 15 is 0 Å². The smallest absolute Gasteiger partial charge is 0.261 e. The molecule has 1 aromatic carbocycles. The van der Waals surface area contributed by atoms with E-state index in [0.29, 0.717) is 24.0 Å². The van der Waals surface area contributed by atoms with Crippen LogP contribution in [0.25, 0.3) is 0 Å². The molecule has 0 spiro atoms. The first-order valence-corrected chi connectivity index (χ1v) is 6.17. The van der Waals surface area contributed by atoms with E-state index in [-0.39, 0.29) is 23.6 Å². The molecule has 1 saturated carbocycles. The summed E-state index contributed by atoms with van der Waals surface area (Å²) >= 11 is 0. The summed E-state index contributed by atoms with van der Waals surface area (Å²) in [4.78, 5) is 37.2. The molecule has 0 saturated heterocycles. The molecule has 0 N–H and O–H groups in total. The Morgan fingerprint density at radius 2 is 1.61 bits per heavy atom. The van der Waals surface area contributed by atoms with Crippen molar-refractivity contribution in [1.82, 2.24) is 4.90 Å². The van der Waals surface area contributed by atoms with Crippen LogP contribution >= 0.6 is 0 Å². The second-order valence-electron chi connectivity index (χ2n) is 4.81. The summed E-state index contributed by atoms with van der Waals surface area (Å²) in [6.45, 7) is 0. The molecule has 18 heavy (non-hydrogen) atoms. The zero-order chi connectivity index (χ0) is 12.7. The summed E-state index contributed by atoms with van der Waals surface area (Å²) in [6, 6.07) is 6.58. The highest BCUT2D eigenvalue weighted by atomic mass is 16.2. The number of fused-ring (bicyclic) bond motifs is 1. The van der Waals surface area contributed by atoms with Crippen molar-refractivity contribution in [3.8, 4) is 0 Å². The van der Waals surface area contributed by atoms with Crippen LogP contribution in [0.5, 0.6) is 0 Å². The van der Waals surface area contributed by atoms with Crippen LogP contribution in [0.3, 0.4) is 0 Å². The predicted octanol–water partition coefficient (Wildman–Crippen LogP) is 1.79. The number of ketones is 1. The van der Waals surface area contributed by atoms with Gasteiger partial charge in [0.15, 0.2) is 0 Å². The van der Waals surface area contributed by atoms with Crippen LogP contribution in [0.2, 0.25) is 0 Å². The molecule has 4 heteroatoms. The molecular weight excluding hydrogens is 230 g/mol. The van der Waals surface area contributed by atoms with E-state index in [0.717, 1.165) is 12.8 Å². The van der Waals surface area contributed by atoms with E-state index in [1.165, 1.54) is 4.90 Å². The number of benzene rings is 1. The second-order valence-corrected chi connectivity index (χ2v) is 4.81. The van der Waals surface area contributed by atoms with Crippen LogP contribution in [0, 0.1) is 0 Å². The number of nitrogens with zero attached hydrogens (tertiary/aromatic N) is 1. The lowest BCUT2D eigenvalue weighted by atomic mass is 9.93. The summed E-state index contributed by atoms with van der Waals surface area (Å²) in [5, 5.41) is 0. The summed E-state index contributed by atoms with van der Waals surface area (Å²) in [6.07, 6.45) is 2.37. The number of carbonyl (C=O) groups excluding carboxylic acids is 3. The van der Waals surface area contributed by atoms with Crippen LogP contribution in [0.4, 0.5) is 0 Å². The van der Waals surface area contributed by atoms with Gasteiger partial charge in [0, 0.05) is 18.9 Å². The van der Waals surface area contributed by atoms with Gasteiger partial charge in [0.1, 0.15) is 5.78 Å². The average molecular weight is 243 g/mol. The third-order valence-electron chi connectivity index (χ3n) is 3.65. The standard InChI is InChI=1S/C14H13NO3/c16-10-5-3-4-9(8-10)15-13(17)11-6-1-2-7-12(11)14(15)18/h1-2,6-7,9H,3-5,8H2. The molecule has 0 radical (unpaired) electrons. The van der Waals surface area contributed by atoms with Gasteiger partial charge in [-0.25, -0.2) is 0 Å². The summed E-state index contributed by atoms with van der Waals surface area (Å²) in [5.41, 5.74) is 0.918. The Labute approximate surface area is 105 Å². The molecule has 1 aliphatic carbocycles. The fraction of sp³-hybridized carbons (Fsp3) is 0.357. The minimum atomic E-state index is -0.254. The van der Waals surface area contributed by atoms with Gasteiger partial charge in [0.05, 0.1) is 11.1 Å². The molecule has 1 unspecified atom stereocenters. The fourth-order valence-corrected chi connectivity index (χ4v) is 2.76. The number of hydrogen-bond donors (Lipinski definition) is 0. The van der Waals surface area contributed by atoms with Gasteiger partial charge in [0.25, 0.3) is 11.8 Å². The van der Waals surface area contributed by atoms with E-state index in [1.54, 1.807) is 24.3 Å². The van der Waals surface area contributed by atoms with E-state index in [9.17, 15) is 14.4 Å². The molecule has 2 amide bonds. The minimum Gasteiger partial charge on any atom is -0.300 e. The van der Waals surface area contributed by atoms with Gasteiger partial charge in [-0.2, -0.15) is 0 Å². The van der Waals surface area contributed by atoms with Crippen molar-refractivity contribution in [2.45, 2.75) is 31.7 Å². The monoisotopic (exact) mass is 243 g/mol. The van der Waals surface area contributed by atoms with Crippen molar-refractivity contribution in [3.63, 3.8) is 0 Å². The number of rotatable bonds is 1. The summed E-state index contributed by atoms with van der Waals surface area (Å²) in [7, 11) is 0. The van der Waals surface area contributed by atoms with Gasteiger partial charge in [0.2, 0.25) is 0 Å². The van der Waals surface area contributed by atoms with Gasteiger partial charge in [-0.15, -0.1) is 0 Å². The lowest BCUT2D eigenvalue weighted by Gasteiger charge is -2.28. The van der Waals surface area contributed by atoms with Gasteiger partial charge in [-0.3, -0.25) is 19.3 Å². The zero-order valence-corrected chi connectivity index (χ0v) is 9.89. The maximum Gasteiger partial charge on any atom is 0.261 e. The molecule has 1 atom stereocenters. The quantitative estimate of drug-likeness (QED) is 0.707. The Kier molecular flexibility index (Phi) is 2.51. The van der Waals surface area contributed by atoms with Gasteiger partial charge in [-0.05, 0) is 25.0 Å². The first-order chi connectivity index (χ1) is 8.68. The molecule has 0 bridgehead atoms. The molecule has 3 rings (SSSR count). The van der Waals surface area contributed by atoms with Crippen LogP contribution in [-0.2, 0) is 4.79 Å². The molecule has 2 aliphatic rings. The Morgan fingerprint density at radius 3 is 2.17 bits per heavy atom. The molecule has 1 heterocycles. The van der Waals surface area contributed by atoms with Crippen LogP contribution < -0.4 is 0 Å². The normalized spacial score (nSPS) is 23.4. The molecule has 1 aromatic rings. The number of hydrogen-bond acceptors (Lipinski definition) is 3. The lowest BCUT2D eigenvalue weighted by Crippen LogP contribution is -2.42. The van der Waals surface area contributed by atoms with Gasteiger partial charge < -0.3 is 0 Å². The highest BCUT2D eigenvalue weighted by Crippen LogP contribution is 2.29. The maximum absolute atomic E-state index is 12.2. The number of imide groups is 1. The number of carbonyl (C=O) groups is 3. The first kappa shape index (κ1) is 11.1. The lowest BCUT2D eigenvalue weighted by molar-refractivity contribution is -0.121. The van der Waals surface area contributed by atoms with Crippen molar-refractivity contribution in [1.29, 1.82) is 0 Å². The summed E-state index contributed by atoms with van der Waals surface area (Å²) < 4.78 is 0. The second kappa shape index (κ2) is 4.05. The van der Waals surface area contributed by atoms with E-state index in [2.05, 4.69) is 0 Å². The van der Waals surface area contributed by atoms with Crippen molar-refractivity contribution in [2.75, 3.05) is 0 Å². The van der Waals surface area contributed by atoms with Crippen LogP contribution in [0.1, 0.15) is 46.4 Å². The van der Waals surface area contributed by atoms with E-state index in [4.69, 9.17) is 0 Å². The van der Waals surface area contributed by atoms with Crippen LogP contribution in [0.15, 0.2) is 24.3 Å². The van der Waals surface area contributed by atoms with Gasteiger partial charge in [-0.1, -0.05) is 12.1 Å². The Bertz CT molecular complexity index is 515. The molecule has 92 valence electrons. The third kappa shape index (κ3) is 1.56. The van der Waals surface area contributed by atoms with Crippen LogP contribution in [-0.4, -0.2) is 28.5 Å². The molecule has 4 nitrogen and oxygen atoms in total. The van der Waals surface area contributed by atoms with Crippen molar-refractivity contribution in [3.05, 3.63) is 35.4 Å².